The highest BCUT2D eigenvalue weighted by atomic mass is 35.5. The van der Waals surface area contributed by atoms with Gasteiger partial charge in [0, 0.05) is 40.8 Å². The molecule has 5 aromatic carbocycles. The van der Waals surface area contributed by atoms with Crippen molar-refractivity contribution in [3.63, 3.8) is 0 Å². The number of halogens is 1. The number of sulfonamides is 1. The van der Waals surface area contributed by atoms with Crippen LogP contribution in [0, 0.1) is 0 Å². The van der Waals surface area contributed by atoms with Crippen LogP contribution in [0.3, 0.4) is 0 Å². The first-order chi connectivity index (χ1) is 24.4. The molecule has 6 rings (SSSR count). The maximum Gasteiger partial charge on any atom is 0.335 e. The number of nitrogens with one attached hydrogen (secondary N) is 1. The predicted molar refractivity (Wildman–Crippen MR) is 201 cm³/mol. The summed E-state index contributed by atoms with van der Waals surface area (Å²) in [6.07, 6.45) is 3.36. The second-order valence-electron chi connectivity index (χ2n) is 12.4. The lowest BCUT2D eigenvalue weighted by molar-refractivity contribution is 0.0697. The highest BCUT2D eigenvalue weighted by molar-refractivity contribution is 7.93. The third kappa shape index (κ3) is 8.10. The quantitative estimate of drug-likeness (QED) is 0.118. The van der Waals surface area contributed by atoms with Crippen molar-refractivity contribution in [1.29, 1.82) is 0 Å². The van der Waals surface area contributed by atoms with Crippen LogP contribution in [0.25, 0.3) is 10.9 Å². The average Bonchev–Trinajstić information content (AvgIpc) is 3.40. The molecule has 0 atom stereocenters. The number of aromatic nitrogens is 1. The van der Waals surface area contributed by atoms with Crippen LogP contribution in [0.2, 0.25) is 5.02 Å². The summed E-state index contributed by atoms with van der Waals surface area (Å²) in [5, 5.41) is 10.9. The van der Waals surface area contributed by atoms with E-state index in [2.05, 4.69) is 33.6 Å². The second kappa shape index (κ2) is 15.2. The van der Waals surface area contributed by atoms with Crippen LogP contribution in [-0.2, 0) is 39.1 Å². The molecule has 0 unspecified atom stereocenters. The van der Waals surface area contributed by atoms with Crippen molar-refractivity contribution in [3.8, 4) is 0 Å². The summed E-state index contributed by atoms with van der Waals surface area (Å²) in [6.45, 7) is 0.00440. The third-order valence-electron chi connectivity index (χ3n) is 8.96. The van der Waals surface area contributed by atoms with Crippen molar-refractivity contribution < 1.29 is 26.7 Å². The molecule has 0 bridgehead atoms. The molecular weight excluding hydrogens is 704 g/mol. The Labute approximate surface area is 303 Å². The van der Waals surface area contributed by atoms with Crippen LogP contribution in [0.1, 0.15) is 50.8 Å². The van der Waals surface area contributed by atoms with Gasteiger partial charge >= 0.3 is 5.97 Å². The van der Waals surface area contributed by atoms with E-state index in [9.17, 15) is 26.7 Å². The van der Waals surface area contributed by atoms with E-state index in [1.165, 1.54) is 24.3 Å². The van der Waals surface area contributed by atoms with Crippen LogP contribution in [0.15, 0.2) is 137 Å². The molecule has 6 aromatic rings. The number of sulfone groups is 1. The van der Waals surface area contributed by atoms with Crippen LogP contribution < -0.4 is 4.72 Å². The van der Waals surface area contributed by atoms with Crippen molar-refractivity contribution in [2.24, 2.45) is 0 Å². The summed E-state index contributed by atoms with van der Waals surface area (Å²) in [7, 11) is -8.00. The molecule has 0 aliphatic carbocycles. The Balaban J connectivity index is 1.44. The number of hydrogen-bond acceptors (Lipinski definition) is 5. The number of benzene rings is 5. The fraction of sp³-hybridized carbons (Fsp3) is 0.175. The minimum Gasteiger partial charge on any atom is -0.478 e. The number of nitrogens with zero attached hydrogens (tertiary/aromatic N) is 1. The molecule has 0 spiro atoms. The van der Waals surface area contributed by atoms with Gasteiger partial charge in [0.1, 0.15) is 4.90 Å². The summed E-state index contributed by atoms with van der Waals surface area (Å²) < 4.78 is 57.1. The van der Waals surface area contributed by atoms with Crippen LogP contribution in [0.4, 0.5) is 0 Å². The van der Waals surface area contributed by atoms with E-state index in [1.54, 1.807) is 12.1 Å². The van der Waals surface area contributed by atoms with Crippen molar-refractivity contribution in [2.45, 2.75) is 41.5 Å². The standard InChI is InChI=1S/C40H37ClN2O6S2/c1-50(46,47)37-17-8-9-18-38(37)51(48,49)42-26-25-36-33(16-10-11-28-19-21-31(22-20-28)40(44)45)34-27-32(41)23-24-35(34)43(36)39(29-12-4-2-5-13-29)30-14-6-3-7-15-30/h2-9,12-15,17-24,27,39,42H,10-11,16,25-26H2,1H3,(H,44,45). The largest absolute Gasteiger partial charge is 0.478 e. The molecule has 0 radical (unpaired) electrons. The van der Waals surface area contributed by atoms with Crippen LogP contribution >= 0.6 is 11.6 Å². The normalized spacial score (nSPS) is 12.1. The smallest absolute Gasteiger partial charge is 0.335 e. The minimum absolute atomic E-state index is 0.00440. The zero-order chi connectivity index (χ0) is 36.2. The summed E-state index contributed by atoms with van der Waals surface area (Å²) in [5.74, 6) is -0.974. The molecule has 51 heavy (non-hydrogen) atoms. The predicted octanol–water partition coefficient (Wildman–Crippen LogP) is 7.73. The highest BCUT2D eigenvalue weighted by Gasteiger charge is 2.27. The number of carboxylic acids is 1. The average molecular weight is 741 g/mol. The van der Waals surface area contributed by atoms with Gasteiger partial charge in [0.15, 0.2) is 9.84 Å². The van der Waals surface area contributed by atoms with Gasteiger partial charge in [-0.15, -0.1) is 0 Å². The molecule has 262 valence electrons. The molecule has 0 fully saturated rings. The number of hydrogen-bond donors (Lipinski definition) is 2. The molecule has 1 aromatic heterocycles. The van der Waals surface area contributed by atoms with Gasteiger partial charge in [-0.1, -0.05) is 96.5 Å². The minimum atomic E-state index is -4.20. The molecule has 2 N–H and O–H groups in total. The summed E-state index contributed by atoms with van der Waals surface area (Å²) in [4.78, 5) is 10.8. The lowest BCUT2D eigenvalue weighted by Crippen LogP contribution is -2.28. The second-order valence-corrected chi connectivity index (χ2v) is 16.6. The summed E-state index contributed by atoms with van der Waals surface area (Å²) >= 11 is 6.62. The zero-order valence-electron chi connectivity index (χ0n) is 27.9. The van der Waals surface area contributed by atoms with Gasteiger partial charge in [0.25, 0.3) is 0 Å². The van der Waals surface area contributed by atoms with Gasteiger partial charge in [0.05, 0.1) is 16.5 Å². The molecule has 8 nitrogen and oxygen atoms in total. The molecule has 0 saturated carbocycles. The number of aromatic carboxylic acids is 1. The first-order valence-corrected chi connectivity index (χ1v) is 20.2. The first-order valence-electron chi connectivity index (χ1n) is 16.5. The van der Waals surface area contributed by atoms with Gasteiger partial charge in [-0.3, -0.25) is 0 Å². The van der Waals surface area contributed by atoms with Crippen LogP contribution in [-0.4, -0.2) is 45.3 Å². The molecule has 11 heteroatoms. The summed E-state index contributed by atoms with van der Waals surface area (Å²) in [6, 6.07) is 38.3. The number of carboxylic acid groups (broad SMARTS) is 1. The molecule has 0 aliphatic heterocycles. The number of fused-ring (bicyclic) bond motifs is 1. The van der Waals surface area contributed by atoms with Gasteiger partial charge < -0.3 is 9.67 Å². The van der Waals surface area contributed by atoms with E-state index in [-0.39, 0.29) is 27.9 Å². The number of carbonyl (C=O) groups is 1. The Hall–Kier alpha value is -4.74. The van der Waals surface area contributed by atoms with Crippen molar-refractivity contribution in [1.82, 2.24) is 9.29 Å². The molecule has 0 aliphatic rings. The van der Waals surface area contributed by atoms with Gasteiger partial charge in [-0.2, -0.15) is 0 Å². The Bertz CT molecular complexity index is 2360. The SMILES string of the molecule is CS(=O)(=O)c1ccccc1S(=O)(=O)NCCc1c(CCCc2ccc(C(=O)O)cc2)c2cc(Cl)ccc2n1C(c1ccccc1)c1ccccc1. The molecule has 0 amide bonds. The van der Waals surface area contributed by atoms with E-state index in [1.807, 2.05) is 66.7 Å². The maximum atomic E-state index is 13.6. The van der Waals surface area contributed by atoms with E-state index in [0.29, 0.717) is 24.3 Å². The number of rotatable bonds is 14. The number of aryl methyl sites for hydroxylation is 2. The van der Waals surface area contributed by atoms with Crippen molar-refractivity contribution in [3.05, 3.63) is 166 Å². The molecule has 0 saturated heterocycles. The third-order valence-corrected chi connectivity index (χ3v) is 12.0. The van der Waals surface area contributed by atoms with Gasteiger partial charge in [-0.25, -0.2) is 26.4 Å². The fourth-order valence-electron chi connectivity index (χ4n) is 6.66. The fourth-order valence-corrected chi connectivity index (χ4v) is 9.49. The Morgan fingerprint density at radius 1 is 0.745 bits per heavy atom. The molecule has 1 heterocycles. The van der Waals surface area contributed by atoms with Crippen LogP contribution in [0.5, 0.6) is 0 Å². The van der Waals surface area contributed by atoms with E-state index < -0.39 is 25.8 Å². The Morgan fingerprint density at radius 3 is 1.92 bits per heavy atom. The molecular formula is C40H37ClN2O6S2. The topological polar surface area (TPSA) is 123 Å². The lowest BCUT2D eigenvalue weighted by Gasteiger charge is -2.25. The van der Waals surface area contributed by atoms with E-state index >= 15 is 0 Å². The zero-order valence-corrected chi connectivity index (χ0v) is 30.3. The Kier molecular flexibility index (Phi) is 10.8. The highest BCUT2D eigenvalue weighted by Crippen LogP contribution is 2.38. The van der Waals surface area contributed by atoms with Crippen molar-refractivity contribution in [2.75, 3.05) is 12.8 Å². The van der Waals surface area contributed by atoms with Gasteiger partial charge in [-0.05, 0) is 84.0 Å². The maximum absolute atomic E-state index is 13.6. The van der Waals surface area contributed by atoms with E-state index in [0.717, 1.165) is 51.5 Å². The van der Waals surface area contributed by atoms with Gasteiger partial charge in [0.2, 0.25) is 10.0 Å². The summed E-state index contributed by atoms with van der Waals surface area (Å²) in [5.41, 5.74) is 6.22. The van der Waals surface area contributed by atoms with Crippen molar-refractivity contribution >= 4 is 48.3 Å². The Morgan fingerprint density at radius 2 is 1.33 bits per heavy atom. The lowest BCUT2D eigenvalue weighted by atomic mass is 9.97. The van der Waals surface area contributed by atoms with E-state index in [4.69, 9.17) is 11.6 Å². The monoisotopic (exact) mass is 740 g/mol. The first kappa shape index (κ1) is 36.1.